The van der Waals surface area contributed by atoms with Gasteiger partial charge < -0.3 is 0 Å². The van der Waals surface area contributed by atoms with Crippen LogP contribution in [0.5, 0.6) is 0 Å². The fraction of sp³-hybridized carbons (Fsp3) is 0.333. The number of aromatic nitrogens is 2. The highest BCUT2D eigenvalue weighted by Crippen LogP contribution is 2.17. The Morgan fingerprint density at radius 2 is 1.84 bits per heavy atom. The van der Waals surface area contributed by atoms with Crippen LogP contribution in [0.2, 0.25) is 0 Å². The average molecular weight is 380 g/mol. The number of sulfone groups is 1. The van der Waals surface area contributed by atoms with Gasteiger partial charge >= 0.3 is 0 Å². The summed E-state index contributed by atoms with van der Waals surface area (Å²) in [5.74, 6) is -0.562. The maximum Gasteiger partial charge on any atom is 0.293 e. The zero-order chi connectivity index (χ0) is 18.0. The smallest absolute Gasteiger partial charge is 0.273 e. The Morgan fingerprint density at radius 1 is 1.16 bits per heavy atom. The Morgan fingerprint density at radius 3 is 2.44 bits per heavy atom. The van der Waals surface area contributed by atoms with Crippen molar-refractivity contribution in [2.24, 2.45) is 0 Å². The molecule has 1 aromatic carbocycles. The molecular weight excluding hydrogens is 364 g/mol. The Kier molecular flexibility index (Phi) is 4.82. The summed E-state index contributed by atoms with van der Waals surface area (Å²) in [4.78, 5) is 25.2. The zero-order valence-electron chi connectivity index (χ0n) is 13.5. The number of hydrazine groups is 1. The van der Waals surface area contributed by atoms with Crippen LogP contribution >= 0.6 is 11.5 Å². The highest BCUT2D eigenvalue weighted by Gasteiger charge is 2.32. The van der Waals surface area contributed by atoms with Gasteiger partial charge in [0.1, 0.15) is 0 Å². The number of benzene rings is 1. The SMILES string of the molecule is CS(=O)(=O)c1ccc(CC(=O)N2CCCN2C(=O)c2csnn2)cc1. The monoisotopic (exact) mass is 380 g/mol. The first kappa shape index (κ1) is 17.5. The van der Waals surface area contributed by atoms with Crippen molar-refractivity contribution in [3.05, 3.63) is 40.9 Å². The summed E-state index contributed by atoms with van der Waals surface area (Å²) in [6.07, 6.45) is 1.92. The van der Waals surface area contributed by atoms with Gasteiger partial charge in [0.05, 0.1) is 11.3 Å². The molecule has 1 aromatic heterocycles. The second kappa shape index (κ2) is 6.89. The van der Waals surface area contributed by atoms with Gasteiger partial charge in [-0.2, -0.15) is 0 Å². The zero-order valence-corrected chi connectivity index (χ0v) is 15.1. The third kappa shape index (κ3) is 3.85. The lowest BCUT2D eigenvalue weighted by Crippen LogP contribution is -2.45. The van der Waals surface area contributed by atoms with Crippen molar-refractivity contribution in [3.8, 4) is 0 Å². The Bertz CT molecular complexity index is 879. The first-order valence-electron chi connectivity index (χ1n) is 7.54. The first-order chi connectivity index (χ1) is 11.9. The van der Waals surface area contributed by atoms with Crippen LogP contribution in [0.1, 0.15) is 22.5 Å². The van der Waals surface area contributed by atoms with Crippen molar-refractivity contribution in [1.82, 2.24) is 19.6 Å². The number of hydrogen-bond donors (Lipinski definition) is 0. The molecule has 8 nitrogen and oxygen atoms in total. The van der Waals surface area contributed by atoms with Gasteiger partial charge in [-0.05, 0) is 35.6 Å². The van der Waals surface area contributed by atoms with E-state index in [4.69, 9.17) is 0 Å². The van der Waals surface area contributed by atoms with Gasteiger partial charge in [-0.15, -0.1) is 5.10 Å². The number of hydrogen-bond acceptors (Lipinski definition) is 7. The lowest BCUT2D eigenvalue weighted by Gasteiger charge is -2.27. The number of nitrogens with zero attached hydrogens (tertiary/aromatic N) is 4. The van der Waals surface area contributed by atoms with Crippen LogP contribution in [0.3, 0.4) is 0 Å². The molecule has 25 heavy (non-hydrogen) atoms. The van der Waals surface area contributed by atoms with E-state index < -0.39 is 9.84 Å². The van der Waals surface area contributed by atoms with E-state index in [-0.39, 0.29) is 28.8 Å². The van der Waals surface area contributed by atoms with Gasteiger partial charge in [-0.25, -0.2) is 13.4 Å². The van der Waals surface area contributed by atoms with Crippen LogP contribution in [-0.4, -0.2) is 59.2 Å². The van der Waals surface area contributed by atoms with Crippen molar-refractivity contribution >= 4 is 33.2 Å². The van der Waals surface area contributed by atoms with Gasteiger partial charge in [0.25, 0.3) is 5.91 Å². The minimum Gasteiger partial charge on any atom is -0.273 e. The topological polar surface area (TPSA) is 101 Å². The molecule has 2 amide bonds. The van der Waals surface area contributed by atoms with E-state index >= 15 is 0 Å². The molecule has 10 heteroatoms. The minimum absolute atomic E-state index is 0.0864. The third-order valence-electron chi connectivity index (χ3n) is 3.84. The van der Waals surface area contributed by atoms with E-state index in [1.807, 2.05) is 0 Å². The maximum absolute atomic E-state index is 12.6. The molecule has 1 aliphatic rings. The van der Waals surface area contributed by atoms with Crippen molar-refractivity contribution in [2.45, 2.75) is 17.7 Å². The molecule has 2 heterocycles. The molecule has 1 aliphatic heterocycles. The molecule has 1 fully saturated rings. The van der Waals surface area contributed by atoms with E-state index in [1.165, 1.54) is 22.2 Å². The summed E-state index contributed by atoms with van der Waals surface area (Å²) in [5, 5.41) is 8.12. The fourth-order valence-electron chi connectivity index (χ4n) is 2.59. The molecule has 0 unspecified atom stereocenters. The first-order valence-corrected chi connectivity index (χ1v) is 10.3. The molecule has 1 saturated heterocycles. The van der Waals surface area contributed by atoms with Crippen LogP contribution in [0, 0.1) is 0 Å². The second-order valence-electron chi connectivity index (χ2n) is 5.68. The lowest BCUT2D eigenvalue weighted by atomic mass is 10.1. The van der Waals surface area contributed by atoms with Crippen LogP contribution in [0.4, 0.5) is 0 Å². The molecule has 3 rings (SSSR count). The van der Waals surface area contributed by atoms with Crippen LogP contribution in [0.15, 0.2) is 34.5 Å². The van der Waals surface area contributed by atoms with E-state index in [9.17, 15) is 18.0 Å². The molecule has 0 radical (unpaired) electrons. The van der Waals surface area contributed by atoms with Crippen LogP contribution < -0.4 is 0 Å². The number of carbonyl (C=O) groups excluding carboxylic acids is 2. The number of carbonyl (C=O) groups is 2. The van der Waals surface area contributed by atoms with Crippen molar-refractivity contribution in [3.63, 3.8) is 0 Å². The van der Waals surface area contributed by atoms with Gasteiger partial charge in [-0.1, -0.05) is 16.6 Å². The fourth-order valence-corrected chi connectivity index (χ4v) is 3.65. The summed E-state index contributed by atoms with van der Waals surface area (Å²) in [7, 11) is -3.27. The summed E-state index contributed by atoms with van der Waals surface area (Å²) in [6, 6.07) is 6.18. The normalized spacial score (nSPS) is 14.8. The Balaban J connectivity index is 1.71. The van der Waals surface area contributed by atoms with E-state index in [0.717, 1.165) is 17.8 Å². The van der Waals surface area contributed by atoms with Crippen LogP contribution in [0.25, 0.3) is 0 Å². The lowest BCUT2D eigenvalue weighted by molar-refractivity contribution is -0.139. The summed E-state index contributed by atoms with van der Waals surface area (Å²) in [5.41, 5.74) is 0.911. The van der Waals surface area contributed by atoms with E-state index in [0.29, 0.717) is 25.1 Å². The second-order valence-corrected chi connectivity index (χ2v) is 8.31. The average Bonchev–Trinajstić information content (AvgIpc) is 3.25. The molecular formula is C15H16N4O4S2. The van der Waals surface area contributed by atoms with Gasteiger partial charge in [-0.3, -0.25) is 14.6 Å². The number of amides is 2. The molecule has 2 aromatic rings. The van der Waals surface area contributed by atoms with Gasteiger partial charge in [0, 0.05) is 24.7 Å². The molecule has 0 saturated carbocycles. The van der Waals surface area contributed by atoms with Crippen molar-refractivity contribution < 1.29 is 18.0 Å². The molecule has 0 atom stereocenters. The maximum atomic E-state index is 12.6. The van der Waals surface area contributed by atoms with E-state index in [1.54, 1.807) is 17.5 Å². The number of rotatable bonds is 4. The van der Waals surface area contributed by atoms with E-state index in [2.05, 4.69) is 9.59 Å². The van der Waals surface area contributed by atoms with Gasteiger partial charge in [0.2, 0.25) is 5.91 Å². The van der Waals surface area contributed by atoms with Crippen molar-refractivity contribution in [1.29, 1.82) is 0 Å². The summed E-state index contributed by atoms with van der Waals surface area (Å²) < 4.78 is 26.6. The highest BCUT2D eigenvalue weighted by atomic mass is 32.2. The van der Waals surface area contributed by atoms with Crippen molar-refractivity contribution in [2.75, 3.05) is 19.3 Å². The predicted molar refractivity (Wildman–Crippen MR) is 90.5 cm³/mol. The highest BCUT2D eigenvalue weighted by molar-refractivity contribution is 7.90. The van der Waals surface area contributed by atoms with Crippen LogP contribution in [-0.2, 0) is 21.1 Å². The third-order valence-corrected chi connectivity index (χ3v) is 5.47. The van der Waals surface area contributed by atoms with Gasteiger partial charge in [0.15, 0.2) is 15.5 Å². The standard InChI is InChI=1S/C15H16N4O4S2/c1-25(22,23)12-5-3-11(4-6-12)9-14(20)18-7-2-8-19(18)15(21)13-10-24-17-16-13/h3-6,10H,2,7-9H2,1H3. The predicted octanol–water partition coefficient (Wildman–Crippen LogP) is 0.774. The molecule has 0 spiro atoms. The Hall–Kier alpha value is -2.33. The molecule has 132 valence electrons. The molecule has 0 aliphatic carbocycles. The molecule has 0 N–H and O–H groups in total. The largest absolute Gasteiger partial charge is 0.293 e. The summed E-state index contributed by atoms with van der Waals surface area (Å²) in [6.45, 7) is 0.915. The Labute approximate surface area is 149 Å². The summed E-state index contributed by atoms with van der Waals surface area (Å²) >= 11 is 1.08. The molecule has 0 bridgehead atoms. The quantitative estimate of drug-likeness (QED) is 0.777. The minimum atomic E-state index is -3.27.